The lowest BCUT2D eigenvalue weighted by Crippen LogP contribution is -2.58. The van der Waals surface area contributed by atoms with Crippen LogP contribution in [0.1, 0.15) is 53.4 Å². The summed E-state index contributed by atoms with van der Waals surface area (Å²) in [6, 6.07) is -3.93. The minimum atomic E-state index is -1.30. The highest BCUT2D eigenvalue weighted by Crippen LogP contribution is 2.12. The number of aliphatic hydroxyl groups excluding tert-OH is 1. The summed E-state index contributed by atoms with van der Waals surface area (Å²) in [7, 11) is 1.23. The molecule has 11 nitrogen and oxygen atoms in total. The largest absolute Gasteiger partial charge is 0.467 e. The molecule has 0 aromatic heterocycles. The van der Waals surface area contributed by atoms with Crippen LogP contribution >= 0.6 is 0 Å². The van der Waals surface area contributed by atoms with E-state index < -0.39 is 54.5 Å². The molecule has 0 bridgehead atoms. The Kier molecular flexibility index (Phi) is 11.1. The molecule has 1 aliphatic heterocycles. The Balaban J connectivity index is 2.87. The standard InChI is InChI=1S/C21H36N4O7/c1-6-12(4)17(21(31)32-5)25-19(29)14(9-11(2)3)23-20(30)15(10-26)24-18(28)13-7-8-16(27)22-13/h11-15,17,26H,6-10H2,1-5H3,(H,22,27)(H,23,30)(H,24,28)(H,25,29)/t12-,13-,14+,15+,17-/m0/s1. The van der Waals surface area contributed by atoms with Gasteiger partial charge in [-0.25, -0.2) is 4.79 Å². The van der Waals surface area contributed by atoms with E-state index in [9.17, 15) is 29.1 Å². The van der Waals surface area contributed by atoms with Gasteiger partial charge in [-0.15, -0.1) is 0 Å². The van der Waals surface area contributed by atoms with Gasteiger partial charge < -0.3 is 31.1 Å². The van der Waals surface area contributed by atoms with Crippen molar-refractivity contribution in [1.82, 2.24) is 21.3 Å². The molecule has 1 fully saturated rings. The summed E-state index contributed by atoms with van der Waals surface area (Å²) in [6.45, 7) is 6.73. The fraction of sp³-hybridized carbons (Fsp3) is 0.762. The Morgan fingerprint density at radius 3 is 2.19 bits per heavy atom. The number of methoxy groups -OCH3 is 1. The molecule has 0 saturated carbocycles. The summed E-state index contributed by atoms with van der Waals surface area (Å²) in [4.78, 5) is 61.3. The van der Waals surface area contributed by atoms with E-state index >= 15 is 0 Å². The lowest BCUT2D eigenvalue weighted by Gasteiger charge is -2.27. The maximum Gasteiger partial charge on any atom is 0.328 e. The Morgan fingerprint density at radius 1 is 1.09 bits per heavy atom. The molecule has 11 heteroatoms. The number of nitrogens with one attached hydrogen (secondary N) is 4. The van der Waals surface area contributed by atoms with Crippen LogP contribution in [0.2, 0.25) is 0 Å². The van der Waals surface area contributed by atoms with Crippen LogP contribution in [0, 0.1) is 11.8 Å². The first-order valence-electron chi connectivity index (χ1n) is 10.9. The summed E-state index contributed by atoms with van der Waals surface area (Å²) < 4.78 is 4.78. The van der Waals surface area contributed by atoms with Crippen molar-refractivity contribution in [3.63, 3.8) is 0 Å². The average molecular weight is 457 g/mol. The molecule has 5 atom stereocenters. The van der Waals surface area contributed by atoms with Crippen LogP contribution in [-0.2, 0) is 28.7 Å². The maximum atomic E-state index is 12.9. The Hall–Kier alpha value is -2.69. The van der Waals surface area contributed by atoms with Gasteiger partial charge in [0.25, 0.3) is 0 Å². The van der Waals surface area contributed by atoms with E-state index in [1.807, 2.05) is 20.8 Å². The highest BCUT2D eigenvalue weighted by Gasteiger charge is 2.34. The first-order chi connectivity index (χ1) is 15.0. The second-order valence-electron chi connectivity index (χ2n) is 8.49. The van der Waals surface area contributed by atoms with E-state index in [0.29, 0.717) is 12.8 Å². The van der Waals surface area contributed by atoms with Crippen molar-refractivity contribution in [3.05, 3.63) is 0 Å². The van der Waals surface area contributed by atoms with Crippen LogP contribution in [0.15, 0.2) is 0 Å². The molecule has 1 heterocycles. The van der Waals surface area contributed by atoms with E-state index in [4.69, 9.17) is 4.74 Å². The van der Waals surface area contributed by atoms with Crippen molar-refractivity contribution in [2.24, 2.45) is 11.8 Å². The van der Waals surface area contributed by atoms with Crippen molar-refractivity contribution in [1.29, 1.82) is 0 Å². The van der Waals surface area contributed by atoms with Crippen molar-refractivity contribution in [2.75, 3.05) is 13.7 Å². The molecule has 1 saturated heterocycles. The van der Waals surface area contributed by atoms with E-state index in [1.165, 1.54) is 7.11 Å². The minimum Gasteiger partial charge on any atom is -0.467 e. The van der Waals surface area contributed by atoms with Gasteiger partial charge in [0, 0.05) is 6.42 Å². The predicted octanol–water partition coefficient (Wildman–Crippen LogP) is -1.02. The Bertz CT molecular complexity index is 698. The highest BCUT2D eigenvalue weighted by molar-refractivity contribution is 5.96. The summed E-state index contributed by atoms with van der Waals surface area (Å²) >= 11 is 0. The number of amides is 4. The number of rotatable bonds is 12. The van der Waals surface area contributed by atoms with Gasteiger partial charge in [-0.2, -0.15) is 0 Å². The Morgan fingerprint density at radius 2 is 1.72 bits per heavy atom. The second kappa shape index (κ2) is 13.0. The van der Waals surface area contributed by atoms with E-state index in [0.717, 1.165) is 0 Å². The molecule has 0 unspecified atom stereocenters. The van der Waals surface area contributed by atoms with Crippen LogP contribution in [0.25, 0.3) is 0 Å². The van der Waals surface area contributed by atoms with E-state index in [-0.39, 0.29) is 30.6 Å². The number of aliphatic hydroxyl groups is 1. The zero-order chi connectivity index (χ0) is 24.4. The number of hydrogen-bond acceptors (Lipinski definition) is 7. The smallest absolute Gasteiger partial charge is 0.328 e. The minimum absolute atomic E-state index is 0.0297. The monoisotopic (exact) mass is 456 g/mol. The van der Waals surface area contributed by atoms with Crippen LogP contribution < -0.4 is 21.3 Å². The molecule has 0 radical (unpaired) electrons. The molecule has 4 amide bonds. The number of carbonyl (C=O) groups excluding carboxylic acids is 5. The van der Waals surface area contributed by atoms with Crippen LogP contribution in [-0.4, -0.2) is 72.6 Å². The summed E-state index contributed by atoms with van der Waals surface area (Å²) in [5.74, 6) is -2.89. The third kappa shape index (κ3) is 8.10. The molecule has 0 aromatic rings. The molecular formula is C21H36N4O7. The fourth-order valence-electron chi connectivity index (χ4n) is 3.30. The van der Waals surface area contributed by atoms with Gasteiger partial charge in [-0.05, 0) is 24.7 Å². The van der Waals surface area contributed by atoms with Crippen LogP contribution in [0.5, 0.6) is 0 Å². The first-order valence-corrected chi connectivity index (χ1v) is 10.9. The van der Waals surface area contributed by atoms with Gasteiger partial charge in [0.2, 0.25) is 23.6 Å². The third-order valence-corrected chi connectivity index (χ3v) is 5.43. The molecule has 32 heavy (non-hydrogen) atoms. The first kappa shape index (κ1) is 27.3. The third-order valence-electron chi connectivity index (χ3n) is 5.43. The predicted molar refractivity (Wildman–Crippen MR) is 115 cm³/mol. The molecular weight excluding hydrogens is 420 g/mol. The molecule has 5 N–H and O–H groups in total. The SMILES string of the molecule is CC[C@H](C)[C@H](NC(=O)[C@@H](CC(C)C)NC(=O)[C@@H](CO)NC(=O)[C@@H]1CCC(=O)N1)C(=O)OC. The van der Waals surface area contributed by atoms with Gasteiger partial charge in [-0.1, -0.05) is 34.1 Å². The lowest BCUT2D eigenvalue weighted by molar-refractivity contribution is -0.147. The number of esters is 1. The van der Waals surface area contributed by atoms with Crippen LogP contribution in [0.3, 0.4) is 0 Å². The van der Waals surface area contributed by atoms with Crippen molar-refractivity contribution < 1.29 is 33.8 Å². The van der Waals surface area contributed by atoms with Gasteiger partial charge in [0.05, 0.1) is 13.7 Å². The van der Waals surface area contributed by atoms with Gasteiger partial charge >= 0.3 is 5.97 Å². The maximum absolute atomic E-state index is 12.9. The summed E-state index contributed by atoms with van der Waals surface area (Å²) in [5, 5.41) is 19.7. The van der Waals surface area contributed by atoms with Crippen molar-refractivity contribution >= 4 is 29.6 Å². The number of carbonyl (C=O) groups is 5. The highest BCUT2D eigenvalue weighted by atomic mass is 16.5. The van der Waals surface area contributed by atoms with E-state index in [2.05, 4.69) is 21.3 Å². The fourth-order valence-corrected chi connectivity index (χ4v) is 3.30. The van der Waals surface area contributed by atoms with Crippen LogP contribution in [0.4, 0.5) is 0 Å². The second-order valence-corrected chi connectivity index (χ2v) is 8.49. The quantitative estimate of drug-likeness (QED) is 0.235. The molecule has 1 aliphatic rings. The molecule has 0 spiro atoms. The van der Waals surface area contributed by atoms with Crippen molar-refractivity contribution in [3.8, 4) is 0 Å². The normalized spacial score (nSPS) is 19.3. The van der Waals surface area contributed by atoms with E-state index in [1.54, 1.807) is 6.92 Å². The van der Waals surface area contributed by atoms with Gasteiger partial charge in [0.15, 0.2) is 0 Å². The molecule has 0 aliphatic carbocycles. The van der Waals surface area contributed by atoms with Gasteiger partial charge in [0.1, 0.15) is 24.2 Å². The topological polar surface area (TPSA) is 163 Å². The van der Waals surface area contributed by atoms with Gasteiger partial charge in [-0.3, -0.25) is 19.2 Å². The number of ether oxygens (including phenoxy) is 1. The Labute approximate surface area is 188 Å². The molecule has 0 aromatic carbocycles. The summed E-state index contributed by atoms with van der Waals surface area (Å²) in [6.07, 6.45) is 1.41. The average Bonchev–Trinajstić information content (AvgIpc) is 3.19. The molecule has 1 rings (SSSR count). The zero-order valence-electron chi connectivity index (χ0n) is 19.4. The van der Waals surface area contributed by atoms with Crippen molar-refractivity contribution in [2.45, 2.75) is 77.5 Å². The number of hydrogen-bond donors (Lipinski definition) is 5. The lowest BCUT2D eigenvalue weighted by atomic mass is 9.97. The molecule has 182 valence electrons. The zero-order valence-corrected chi connectivity index (χ0v) is 19.4. The summed E-state index contributed by atoms with van der Waals surface area (Å²) in [5.41, 5.74) is 0.